The lowest BCUT2D eigenvalue weighted by Crippen LogP contribution is -2.25. The van der Waals surface area contributed by atoms with Gasteiger partial charge in [-0.1, -0.05) is 0 Å². The first-order chi connectivity index (χ1) is 15.5. The van der Waals surface area contributed by atoms with Gasteiger partial charge in [-0.3, -0.25) is 9.59 Å². The molecule has 0 aromatic carbocycles. The molecule has 4 rings (SSSR count). The third-order valence-corrected chi connectivity index (χ3v) is 5.11. The molecule has 9 nitrogen and oxygen atoms in total. The molecule has 32 heavy (non-hydrogen) atoms. The highest BCUT2D eigenvalue weighted by Gasteiger charge is 2.25. The summed E-state index contributed by atoms with van der Waals surface area (Å²) in [6, 6.07) is 5.33. The summed E-state index contributed by atoms with van der Waals surface area (Å²) in [4.78, 5) is 30.4. The van der Waals surface area contributed by atoms with E-state index >= 15 is 0 Å². The highest BCUT2D eigenvalue weighted by Crippen LogP contribution is 2.33. The second-order valence-electron chi connectivity index (χ2n) is 8.12. The molecule has 9 heteroatoms. The maximum atomic E-state index is 13.1. The van der Waals surface area contributed by atoms with Crippen molar-refractivity contribution in [3.63, 3.8) is 0 Å². The highest BCUT2D eigenvalue weighted by atomic mass is 16.5. The monoisotopic (exact) mass is 440 g/mol. The molecule has 0 unspecified atom stereocenters. The number of imidazole rings is 1. The van der Waals surface area contributed by atoms with E-state index in [2.05, 4.69) is 10.3 Å². The van der Waals surface area contributed by atoms with E-state index in [-0.39, 0.29) is 36.6 Å². The van der Waals surface area contributed by atoms with Crippen molar-refractivity contribution >= 4 is 17.2 Å². The zero-order valence-electron chi connectivity index (χ0n) is 18.3. The molecule has 0 radical (unpaired) electrons. The predicted molar refractivity (Wildman–Crippen MR) is 119 cm³/mol. The largest absolute Gasteiger partial charge is 0.490 e. The Morgan fingerprint density at radius 1 is 1.31 bits per heavy atom. The van der Waals surface area contributed by atoms with Gasteiger partial charge < -0.3 is 28.9 Å². The number of rotatable bonds is 10. The van der Waals surface area contributed by atoms with Crippen molar-refractivity contribution < 1.29 is 19.4 Å². The summed E-state index contributed by atoms with van der Waals surface area (Å²) in [5, 5.41) is 11.6. The van der Waals surface area contributed by atoms with E-state index < -0.39 is 5.91 Å². The van der Waals surface area contributed by atoms with Crippen molar-refractivity contribution in [2.24, 2.45) is 0 Å². The normalized spacial score (nSPS) is 13.6. The van der Waals surface area contributed by atoms with Crippen LogP contribution in [0.4, 0.5) is 5.69 Å². The summed E-state index contributed by atoms with van der Waals surface area (Å²) in [5.41, 5.74) is 1.79. The Labute approximate surface area is 185 Å². The lowest BCUT2D eigenvalue weighted by Gasteiger charge is -2.15. The number of anilines is 1. The molecule has 0 aliphatic heterocycles. The zero-order valence-corrected chi connectivity index (χ0v) is 18.3. The number of aliphatic hydroxyl groups excluding tert-OH is 1. The third-order valence-electron chi connectivity index (χ3n) is 5.11. The first-order valence-electron chi connectivity index (χ1n) is 10.9. The molecule has 0 saturated heterocycles. The van der Waals surface area contributed by atoms with Crippen LogP contribution in [-0.4, -0.2) is 50.9 Å². The van der Waals surface area contributed by atoms with Gasteiger partial charge in [0.25, 0.3) is 11.5 Å². The maximum Gasteiger partial charge on any atom is 0.274 e. The number of aliphatic hydroxyl groups is 1. The van der Waals surface area contributed by atoms with E-state index in [4.69, 9.17) is 14.6 Å². The van der Waals surface area contributed by atoms with Gasteiger partial charge in [-0.15, -0.1) is 0 Å². The minimum absolute atomic E-state index is 0.0211. The third kappa shape index (κ3) is 5.00. The number of fused-ring (bicyclic) bond motifs is 1. The minimum atomic E-state index is -0.422. The molecule has 170 valence electrons. The highest BCUT2D eigenvalue weighted by molar-refractivity contribution is 6.06. The van der Waals surface area contributed by atoms with E-state index in [1.165, 1.54) is 0 Å². The SMILES string of the molecule is CC(C)Oc1cc2nc(CCOCCO)cn2cc1C(=O)Nc1cccn(C2CC2)c1=O. The van der Waals surface area contributed by atoms with Crippen LogP contribution in [0.25, 0.3) is 5.65 Å². The van der Waals surface area contributed by atoms with Crippen LogP contribution in [0.5, 0.6) is 5.75 Å². The lowest BCUT2D eigenvalue weighted by atomic mass is 10.2. The number of carbonyl (C=O) groups is 1. The van der Waals surface area contributed by atoms with Gasteiger partial charge in [0.1, 0.15) is 17.1 Å². The van der Waals surface area contributed by atoms with Crippen molar-refractivity contribution in [2.75, 3.05) is 25.1 Å². The van der Waals surface area contributed by atoms with Crippen LogP contribution in [0.1, 0.15) is 48.8 Å². The maximum absolute atomic E-state index is 13.1. The first kappa shape index (κ1) is 22.0. The molecule has 1 saturated carbocycles. The van der Waals surface area contributed by atoms with E-state index in [1.54, 1.807) is 39.6 Å². The molecule has 2 N–H and O–H groups in total. The van der Waals surface area contributed by atoms with Gasteiger partial charge in [0.2, 0.25) is 0 Å². The van der Waals surface area contributed by atoms with Crippen molar-refractivity contribution in [2.45, 2.75) is 45.3 Å². The summed E-state index contributed by atoms with van der Waals surface area (Å²) in [6.45, 7) is 4.47. The van der Waals surface area contributed by atoms with Crippen molar-refractivity contribution in [3.8, 4) is 5.75 Å². The molecule has 1 aliphatic rings. The molecule has 1 fully saturated rings. The van der Waals surface area contributed by atoms with Crippen LogP contribution in [0, 0.1) is 0 Å². The molecule has 1 amide bonds. The van der Waals surface area contributed by atoms with Gasteiger partial charge in [0.15, 0.2) is 0 Å². The summed E-state index contributed by atoms with van der Waals surface area (Å²) in [6.07, 6.45) is 7.64. The van der Waals surface area contributed by atoms with Crippen LogP contribution in [0.3, 0.4) is 0 Å². The zero-order chi connectivity index (χ0) is 22.7. The minimum Gasteiger partial charge on any atom is -0.490 e. The van der Waals surface area contributed by atoms with Gasteiger partial charge in [-0.05, 0) is 38.8 Å². The Hall–Kier alpha value is -3.17. The Morgan fingerprint density at radius 2 is 2.12 bits per heavy atom. The number of nitrogens with one attached hydrogen (secondary N) is 1. The molecule has 0 bridgehead atoms. The number of hydrogen-bond acceptors (Lipinski definition) is 6. The lowest BCUT2D eigenvalue weighted by molar-refractivity contribution is 0.0941. The number of ether oxygens (including phenoxy) is 2. The second-order valence-corrected chi connectivity index (χ2v) is 8.12. The van der Waals surface area contributed by atoms with Crippen molar-refractivity contribution in [3.05, 3.63) is 58.4 Å². The Kier molecular flexibility index (Phi) is 6.57. The first-order valence-corrected chi connectivity index (χ1v) is 10.9. The van der Waals surface area contributed by atoms with Crippen LogP contribution in [-0.2, 0) is 11.2 Å². The molecule has 0 atom stereocenters. The summed E-state index contributed by atoms with van der Waals surface area (Å²) in [7, 11) is 0. The van der Waals surface area contributed by atoms with Gasteiger partial charge in [-0.2, -0.15) is 0 Å². The summed E-state index contributed by atoms with van der Waals surface area (Å²) >= 11 is 0. The average molecular weight is 441 g/mol. The van der Waals surface area contributed by atoms with Crippen molar-refractivity contribution in [1.29, 1.82) is 0 Å². The van der Waals surface area contributed by atoms with Gasteiger partial charge in [-0.25, -0.2) is 4.98 Å². The summed E-state index contributed by atoms with van der Waals surface area (Å²) < 4.78 is 14.6. The molecule has 3 aromatic heterocycles. The predicted octanol–water partition coefficient (Wildman–Crippen LogP) is 2.42. The molecule has 3 heterocycles. The van der Waals surface area contributed by atoms with Gasteiger partial charge >= 0.3 is 0 Å². The van der Waals surface area contributed by atoms with E-state index in [0.29, 0.717) is 30.0 Å². The van der Waals surface area contributed by atoms with E-state index in [0.717, 1.165) is 18.5 Å². The Bertz CT molecular complexity index is 1160. The van der Waals surface area contributed by atoms with Crippen molar-refractivity contribution in [1.82, 2.24) is 14.0 Å². The Morgan fingerprint density at radius 3 is 2.84 bits per heavy atom. The molecular formula is C23H28N4O5. The fourth-order valence-corrected chi connectivity index (χ4v) is 3.49. The standard InChI is InChI=1S/C23H28N4O5/c1-15(2)32-20-12-21-24-16(7-10-31-11-9-28)13-26(21)14-18(20)22(29)25-19-4-3-8-27(23(19)30)17-5-6-17/h3-4,8,12-15,17,28H,5-7,9-11H2,1-2H3,(H,25,29). The molecule has 3 aromatic rings. The quantitative estimate of drug-likeness (QED) is 0.469. The molecule has 0 spiro atoms. The van der Waals surface area contributed by atoms with Gasteiger partial charge in [0, 0.05) is 37.1 Å². The van der Waals surface area contributed by atoms with Gasteiger partial charge in [0.05, 0.1) is 37.2 Å². The number of aromatic nitrogens is 3. The Balaban J connectivity index is 1.61. The van der Waals surface area contributed by atoms with Crippen LogP contribution in [0.15, 0.2) is 41.6 Å². The summed E-state index contributed by atoms with van der Waals surface area (Å²) in [5.74, 6) is -0.0214. The number of nitrogens with zero attached hydrogens (tertiary/aromatic N) is 3. The fourth-order valence-electron chi connectivity index (χ4n) is 3.49. The number of hydrogen-bond donors (Lipinski definition) is 2. The van der Waals surface area contributed by atoms with Crippen LogP contribution in [0.2, 0.25) is 0 Å². The number of pyridine rings is 2. The van der Waals surface area contributed by atoms with E-state index in [1.807, 2.05) is 20.0 Å². The number of carbonyl (C=O) groups excluding carboxylic acids is 1. The smallest absolute Gasteiger partial charge is 0.274 e. The molecule has 1 aliphatic carbocycles. The number of amides is 1. The average Bonchev–Trinajstić information content (AvgIpc) is 3.51. The van der Waals surface area contributed by atoms with E-state index in [9.17, 15) is 9.59 Å². The van der Waals surface area contributed by atoms with Crippen LogP contribution >= 0.6 is 0 Å². The molecular weight excluding hydrogens is 412 g/mol. The van der Waals surface area contributed by atoms with Crippen LogP contribution < -0.4 is 15.6 Å². The fraction of sp³-hybridized carbons (Fsp3) is 0.435. The second kappa shape index (κ2) is 9.54. The topological polar surface area (TPSA) is 107 Å².